The van der Waals surface area contributed by atoms with Crippen LogP contribution in [0.1, 0.15) is 0 Å². The van der Waals surface area contributed by atoms with Gasteiger partial charge in [0.15, 0.2) is 17.5 Å². The molecular weight excluding hydrogens is 693 g/mol. The third-order valence-corrected chi connectivity index (χ3v) is 11.0. The molecule has 0 saturated carbocycles. The molecule has 0 N–H and O–H groups in total. The van der Waals surface area contributed by atoms with Crippen molar-refractivity contribution >= 4 is 38.6 Å². The number of aromatic nitrogens is 3. The number of rotatable bonds is 6. The largest absolute Gasteiger partial charge is 0.309 e. The fourth-order valence-corrected chi connectivity index (χ4v) is 8.27. The Morgan fingerprint density at radius 3 is 1.60 bits per heavy atom. The van der Waals surface area contributed by atoms with Crippen molar-refractivity contribution in [3.05, 3.63) is 206 Å². The van der Waals surface area contributed by atoms with Crippen LogP contribution in [0.2, 0.25) is 0 Å². The minimum Gasteiger partial charge on any atom is -0.309 e. The third-order valence-electron chi connectivity index (χ3n) is 11.0. The Morgan fingerprint density at radius 1 is 0.298 bits per heavy atom. The van der Waals surface area contributed by atoms with E-state index < -0.39 is 0 Å². The number of hydrogen-bond acceptors (Lipinski definition) is 4. The molecule has 0 amide bonds. The minimum absolute atomic E-state index is 0.638. The van der Waals surface area contributed by atoms with Gasteiger partial charge in [0.05, 0.1) is 11.4 Å². The van der Waals surface area contributed by atoms with Crippen molar-refractivity contribution in [2.75, 3.05) is 4.90 Å². The summed E-state index contributed by atoms with van der Waals surface area (Å²) < 4.78 is 0. The molecule has 0 saturated heterocycles. The highest BCUT2D eigenvalue weighted by atomic mass is 15.2. The Balaban J connectivity index is 1.01. The normalized spacial score (nSPS) is 11.8. The molecule has 0 bridgehead atoms. The molecule has 0 unspecified atom stereocenters. The summed E-state index contributed by atoms with van der Waals surface area (Å²) in [7, 11) is 0. The van der Waals surface area contributed by atoms with E-state index in [0.29, 0.717) is 17.5 Å². The second kappa shape index (κ2) is 13.6. The molecule has 4 nitrogen and oxygen atoms in total. The van der Waals surface area contributed by atoms with Crippen LogP contribution in [0.5, 0.6) is 0 Å². The van der Waals surface area contributed by atoms with E-state index in [1.165, 1.54) is 44.1 Å². The lowest BCUT2D eigenvalue weighted by atomic mass is 9.86. The number of hydrogen-bond donors (Lipinski definition) is 0. The van der Waals surface area contributed by atoms with E-state index in [-0.39, 0.29) is 0 Å². The zero-order chi connectivity index (χ0) is 37.7. The van der Waals surface area contributed by atoms with E-state index >= 15 is 0 Å². The average Bonchev–Trinajstić information content (AvgIpc) is 3.29. The van der Waals surface area contributed by atoms with E-state index in [1.807, 2.05) is 30.3 Å². The van der Waals surface area contributed by atoms with Gasteiger partial charge in [0.1, 0.15) is 0 Å². The quantitative estimate of drug-likeness (QED) is 0.171. The lowest BCUT2D eigenvalue weighted by Gasteiger charge is -2.34. The first-order valence-corrected chi connectivity index (χ1v) is 19.3. The van der Waals surface area contributed by atoms with E-state index in [1.54, 1.807) is 0 Å². The summed E-state index contributed by atoms with van der Waals surface area (Å²) in [4.78, 5) is 17.4. The number of para-hydroxylation sites is 1. The van der Waals surface area contributed by atoms with E-state index in [4.69, 9.17) is 15.0 Å². The maximum Gasteiger partial charge on any atom is 0.164 e. The van der Waals surface area contributed by atoms with Gasteiger partial charge in [-0.25, -0.2) is 15.0 Å². The first kappa shape index (κ1) is 32.7. The standard InChI is InChI=1S/C53H34N4/c1-4-14-37(15-5-1)44-31-32-48-50-46(44)21-12-22-47(50)45-30-29-41(34-49(45)57(48)43-19-8-3-9-20-43)36-23-26-39(27-24-36)52-54-51(38-16-6-2-7-17-38)55-53(56-52)42-28-25-35-13-10-11-18-40(35)33-42/h1-34H. The summed E-state index contributed by atoms with van der Waals surface area (Å²) in [6, 6.07) is 73.0. The van der Waals surface area contributed by atoms with Crippen LogP contribution in [0.4, 0.5) is 17.1 Å². The van der Waals surface area contributed by atoms with E-state index in [9.17, 15) is 0 Å². The lowest BCUT2D eigenvalue weighted by Crippen LogP contribution is -2.15. The molecule has 0 atom stereocenters. The van der Waals surface area contributed by atoms with Gasteiger partial charge in [-0.1, -0.05) is 176 Å². The topological polar surface area (TPSA) is 41.9 Å². The van der Waals surface area contributed by atoms with Gasteiger partial charge in [-0.05, 0) is 74.3 Å². The Hall–Kier alpha value is -7.69. The van der Waals surface area contributed by atoms with Gasteiger partial charge in [-0.15, -0.1) is 0 Å². The molecule has 266 valence electrons. The lowest BCUT2D eigenvalue weighted by molar-refractivity contribution is 1.07. The molecule has 0 radical (unpaired) electrons. The zero-order valence-electron chi connectivity index (χ0n) is 30.9. The van der Waals surface area contributed by atoms with Crippen LogP contribution >= 0.6 is 0 Å². The maximum atomic E-state index is 5.05. The zero-order valence-corrected chi connectivity index (χ0v) is 30.9. The van der Waals surface area contributed by atoms with E-state index in [2.05, 4.69) is 181 Å². The Bertz CT molecular complexity index is 3110. The molecule has 2 heterocycles. The van der Waals surface area contributed by atoms with Crippen molar-refractivity contribution < 1.29 is 0 Å². The second-order valence-electron chi connectivity index (χ2n) is 14.4. The maximum absolute atomic E-state index is 5.05. The monoisotopic (exact) mass is 726 g/mol. The predicted octanol–water partition coefficient (Wildman–Crippen LogP) is 14.0. The summed E-state index contributed by atoms with van der Waals surface area (Å²) in [6.45, 7) is 0. The first-order valence-electron chi connectivity index (χ1n) is 19.3. The number of anilines is 3. The van der Waals surface area contributed by atoms with Gasteiger partial charge in [0.25, 0.3) is 0 Å². The molecular formula is C53H34N4. The number of fused-ring (bicyclic) bond motifs is 3. The van der Waals surface area contributed by atoms with Crippen LogP contribution in [0.3, 0.4) is 0 Å². The SMILES string of the molecule is c1ccc(-c2nc(-c3ccc(-c4ccc5c(c4)N(c4ccccc4)c4ccc(-c6ccccc6)c6cccc-5c46)cc3)nc(-c3ccc4ccccc4c3)n2)cc1. The molecule has 0 aliphatic carbocycles. The van der Waals surface area contributed by atoms with Crippen molar-refractivity contribution in [2.45, 2.75) is 0 Å². The van der Waals surface area contributed by atoms with Crippen molar-refractivity contribution in [1.29, 1.82) is 0 Å². The van der Waals surface area contributed by atoms with E-state index in [0.717, 1.165) is 44.6 Å². The molecule has 1 aliphatic heterocycles. The average molecular weight is 727 g/mol. The van der Waals surface area contributed by atoms with Crippen LogP contribution in [-0.4, -0.2) is 15.0 Å². The summed E-state index contributed by atoms with van der Waals surface area (Å²) in [5.41, 5.74) is 13.5. The van der Waals surface area contributed by atoms with Gasteiger partial charge >= 0.3 is 0 Å². The fraction of sp³-hybridized carbons (Fsp3) is 0. The molecule has 10 aromatic rings. The highest BCUT2D eigenvalue weighted by Gasteiger charge is 2.27. The smallest absolute Gasteiger partial charge is 0.164 e. The Kier molecular flexibility index (Phi) is 7.78. The van der Waals surface area contributed by atoms with Gasteiger partial charge in [0.2, 0.25) is 0 Å². The van der Waals surface area contributed by atoms with Crippen molar-refractivity contribution in [3.63, 3.8) is 0 Å². The highest BCUT2D eigenvalue weighted by Crippen LogP contribution is 2.53. The van der Waals surface area contributed by atoms with Gasteiger partial charge in [0, 0.05) is 33.3 Å². The Labute approximate surface area is 331 Å². The summed E-state index contributed by atoms with van der Waals surface area (Å²) in [5.74, 6) is 1.93. The highest BCUT2D eigenvalue weighted by molar-refractivity contribution is 6.17. The van der Waals surface area contributed by atoms with Crippen molar-refractivity contribution in [1.82, 2.24) is 15.0 Å². The minimum atomic E-state index is 0.638. The van der Waals surface area contributed by atoms with Crippen LogP contribution in [0, 0.1) is 0 Å². The number of benzene rings is 9. The summed E-state index contributed by atoms with van der Waals surface area (Å²) >= 11 is 0. The molecule has 1 aromatic heterocycles. The van der Waals surface area contributed by atoms with Crippen molar-refractivity contribution in [2.24, 2.45) is 0 Å². The number of nitrogens with zero attached hydrogens (tertiary/aromatic N) is 4. The third kappa shape index (κ3) is 5.74. The summed E-state index contributed by atoms with van der Waals surface area (Å²) in [5, 5.41) is 4.85. The van der Waals surface area contributed by atoms with Crippen LogP contribution in [-0.2, 0) is 0 Å². The molecule has 0 fully saturated rings. The predicted molar refractivity (Wildman–Crippen MR) is 236 cm³/mol. The molecule has 11 rings (SSSR count). The molecule has 4 heteroatoms. The van der Waals surface area contributed by atoms with Crippen LogP contribution < -0.4 is 4.90 Å². The second-order valence-corrected chi connectivity index (χ2v) is 14.4. The molecule has 57 heavy (non-hydrogen) atoms. The van der Waals surface area contributed by atoms with Gasteiger partial charge < -0.3 is 4.90 Å². The van der Waals surface area contributed by atoms with Gasteiger partial charge in [-0.2, -0.15) is 0 Å². The van der Waals surface area contributed by atoms with Crippen LogP contribution in [0.25, 0.3) is 89.1 Å². The first-order chi connectivity index (χ1) is 28.2. The summed E-state index contributed by atoms with van der Waals surface area (Å²) in [6.07, 6.45) is 0. The molecule has 9 aromatic carbocycles. The molecule has 1 aliphatic rings. The van der Waals surface area contributed by atoms with Gasteiger partial charge in [-0.3, -0.25) is 0 Å². The van der Waals surface area contributed by atoms with Crippen molar-refractivity contribution in [3.8, 4) is 67.5 Å². The molecule has 0 spiro atoms. The Morgan fingerprint density at radius 2 is 0.860 bits per heavy atom. The van der Waals surface area contributed by atoms with Crippen LogP contribution in [0.15, 0.2) is 206 Å². The fourth-order valence-electron chi connectivity index (χ4n) is 8.27.